The number of unbranched alkanes of at least 4 members (excludes halogenated alkanes) is 4. The molecule has 0 N–H and O–H groups in total. The average Bonchev–Trinajstić information content (AvgIpc) is 2.74. The maximum absolute atomic E-state index is 2.30. The molecule has 0 saturated heterocycles. The van der Waals surface area contributed by atoms with Crippen molar-refractivity contribution in [2.24, 2.45) is 0 Å². The van der Waals surface area contributed by atoms with Gasteiger partial charge in [-0.3, -0.25) is 0 Å². The minimum Gasteiger partial charge on any atom is -1.00 e. The summed E-state index contributed by atoms with van der Waals surface area (Å²) in [6, 6.07) is 92.5. The van der Waals surface area contributed by atoms with Crippen molar-refractivity contribution in [3.05, 3.63) is 265 Å². The Morgan fingerprint density at radius 3 is 0.663 bits per heavy atom. The van der Waals surface area contributed by atoms with Crippen molar-refractivity contribution in [3.8, 4) is 44.5 Å². The van der Waals surface area contributed by atoms with Gasteiger partial charge < -0.3 is 24.8 Å². The fourth-order valence-electron chi connectivity index (χ4n) is 10.8. The van der Waals surface area contributed by atoms with Crippen LogP contribution in [0.5, 0.6) is 0 Å². The zero-order valence-electron chi connectivity index (χ0n) is 52.3. The summed E-state index contributed by atoms with van der Waals surface area (Å²) in [6.45, 7) is 17.8. The molecule has 0 nitrogen and oxygen atoms in total. The maximum atomic E-state index is 2.30. The molecule has 0 atom stereocenters. The fourth-order valence-corrected chi connectivity index (χ4v) is 19.7. The van der Waals surface area contributed by atoms with Crippen LogP contribution in [-0.4, -0.2) is 10.9 Å². The molecule has 12 aromatic carbocycles. The van der Waals surface area contributed by atoms with E-state index in [-0.39, 0.29) is 35.7 Å². The predicted molar refractivity (Wildman–Crippen MR) is 369 cm³/mol. The quantitative estimate of drug-likeness (QED) is 0.0668. The first-order valence-electron chi connectivity index (χ1n) is 31.0. The largest absolute Gasteiger partial charge is 1.00 e. The van der Waals surface area contributed by atoms with E-state index < -0.39 is 0 Å². The van der Waals surface area contributed by atoms with Gasteiger partial charge in [0.15, 0.2) is 0 Å². The molecule has 0 amide bonds. The summed E-state index contributed by atoms with van der Waals surface area (Å²) in [5.74, 6) is 0. The van der Waals surface area contributed by atoms with Gasteiger partial charge in [-0.2, -0.15) is 24.3 Å². The molecule has 6 heteroatoms. The van der Waals surface area contributed by atoms with Crippen LogP contribution in [0.1, 0.15) is 101 Å². The number of fused-ring (bicyclic) bond motifs is 4. The van der Waals surface area contributed by atoms with Gasteiger partial charge in [0.1, 0.15) is 0 Å². The van der Waals surface area contributed by atoms with Crippen molar-refractivity contribution in [2.45, 2.75) is 131 Å². The summed E-state index contributed by atoms with van der Waals surface area (Å²) in [5, 5.41) is 10.7. The molecule has 440 valence electrons. The fraction of sp³-hybridized carbons (Fsp3) is 0.250. The smallest absolute Gasteiger partial charge is 0.0279 e. The van der Waals surface area contributed by atoms with E-state index in [2.05, 4.69) is 298 Å². The van der Waals surface area contributed by atoms with Gasteiger partial charge in [0.05, 0.1) is 0 Å². The first kappa shape index (κ1) is 71.7. The summed E-state index contributed by atoms with van der Waals surface area (Å²) < 4.78 is 0. The molecular formula is C80H88Cl2Si2Zr2-2. The van der Waals surface area contributed by atoms with Crippen LogP contribution < -0.4 is 24.8 Å². The molecule has 0 fully saturated rings. The van der Waals surface area contributed by atoms with E-state index in [0.29, 0.717) is 0 Å². The van der Waals surface area contributed by atoms with E-state index >= 15 is 0 Å². The van der Waals surface area contributed by atoms with Gasteiger partial charge >= 0.3 is 161 Å². The van der Waals surface area contributed by atoms with Crippen LogP contribution in [0.15, 0.2) is 243 Å². The van der Waals surface area contributed by atoms with Gasteiger partial charge in [-0.05, 0) is 22.3 Å². The first-order valence-corrected chi connectivity index (χ1v) is 42.2. The third-order valence-electron chi connectivity index (χ3n) is 15.2. The second-order valence-corrected chi connectivity index (χ2v) is 37.3. The van der Waals surface area contributed by atoms with E-state index in [1.54, 1.807) is 24.2 Å². The molecule has 12 rings (SSSR count). The van der Waals surface area contributed by atoms with E-state index in [9.17, 15) is 0 Å². The summed E-state index contributed by atoms with van der Waals surface area (Å²) >= 11 is 3.72. The number of hydrogen-bond donors (Lipinski definition) is 0. The Bertz CT molecular complexity index is 3360. The standard InChI is InChI=1S/4C16H13.2C8H18Si.2ClH.2Zr/c4*1-12-10-14-8-5-9-15(16(14)11-12)13-6-3-2-4-7-13;2*1-3-5-7-9-8-6-4-2;;;;/h4*2-11H,1H3;2*3-8H2,1-2H3;2*1H;;/q4*-1;;;;;2*+2/p-2. The van der Waals surface area contributed by atoms with Crippen molar-refractivity contribution in [3.63, 3.8) is 0 Å². The van der Waals surface area contributed by atoms with E-state index in [4.69, 9.17) is 0 Å². The second-order valence-electron chi connectivity index (χ2n) is 22.5. The second kappa shape index (κ2) is 39.1. The summed E-state index contributed by atoms with van der Waals surface area (Å²) in [4.78, 5) is 0. The molecule has 0 aliphatic carbocycles. The Kier molecular flexibility index (Phi) is 32.6. The molecule has 0 heterocycles. The number of rotatable bonds is 16. The van der Waals surface area contributed by atoms with E-state index in [1.807, 2.05) is 46.7 Å². The molecule has 0 aromatic heterocycles. The van der Waals surface area contributed by atoms with Crippen molar-refractivity contribution in [1.82, 2.24) is 0 Å². The summed E-state index contributed by atoms with van der Waals surface area (Å²) in [5.41, 5.74) is 16.1. The zero-order valence-corrected chi connectivity index (χ0v) is 60.8. The Morgan fingerprint density at radius 2 is 0.477 bits per heavy atom. The summed E-state index contributed by atoms with van der Waals surface area (Å²) in [7, 11) is 0. The van der Waals surface area contributed by atoms with Crippen LogP contribution >= 0.6 is 0 Å². The van der Waals surface area contributed by atoms with Gasteiger partial charge in [-0.25, -0.2) is 0 Å². The Morgan fingerprint density at radius 1 is 0.279 bits per heavy atom. The molecule has 86 heavy (non-hydrogen) atoms. The third-order valence-corrected chi connectivity index (χ3v) is 26.5. The minimum atomic E-state index is 0. The van der Waals surface area contributed by atoms with Crippen LogP contribution in [0.4, 0.5) is 0 Å². The van der Waals surface area contributed by atoms with Crippen molar-refractivity contribution < 1.29 is 71.5 Å². The van der Waals surface area contributed by atoms with Crippen LogP contribution in [-0.2, 0) is 46.7 Å². The van der Waals surface area contributed by atoms with Crippen molar-refractivity contribution in [2.75, 3.05) is 0 Å². The zero-order chi connectivity index (χ0) is 59.5. The van der Waals surface area contributed by atoms with Gasteiger partial charge in [0, 0.05) is 0 Å². The van der Waals surface area contributed by atoms with E-state index in [1.165, 1.54) is 161 Å². The van der Waals surface area contributed by atoms with Crippen molar-refractivity contribution in [1.29, 1.82) is 0 Å². The van der Waals surface area contributed by atoms with E-state index in [0.717, 1.165) is 0 Å². The number of benzene rings is 8. The van der Waals surface area contributed by atoms with Gasteiger partial charge in [0.2, 0.25) is 0 Å². The first-order chi connectivity index (χ1) is 41.0. The molecule has 0 unspecified atom stereocenters. The van der Waals surface area contributed by atoms with Gasteiger partial charge in [-0.15, -0.1) is 138 Å². The SMILES string of the molecule is CCCC[Si](=[Zr+2])CCCC.CCCC[Si](=[Zr+2])CCCC.Cc1cc2c(-c3ccccc3)cccc2[cH-]1.Cc1cc2c(-c3ccccc3)cccc2[cH-]1.Cc1cc2c(-c3ccccc3)cccc2[cH-]1.Cc1cc2c(-c3ccccc3)cccc2[cH-]1.[Cl-].[Cl-]. The topological polar surface area (TPSA) is 0 Å². The van der Waals surface area contributed by atoms with Crippen LogP contribution in [0.2, 0.25) is 24.2 Å². The van der Waals surface area contributed by atoms with Gasteiger partial charge in [0.25, 0.3) is 0 Å². The van der Waals surface area contributed by atoms with Gasteiger partial charge in [-0.1, -0.05) is 196 Å². The molecule has 0 aliphatic rings. The van der Waals surface area contributed by atoms with Crippen molar-refractivity contribution >= 4 is 54.0 Å². The molecule has 0 saturated carbocycles. The third kappa shape index (κ3) is 22.2. The van der Waals surface area contributed by atoms with Crippen LogP contribution in [0.3, 0.4) is 0 Å². The Hall–Kier alpha value is -5.02. The molecular weight excluding hydrogens is 1270 g/mol. The molecule has 0 radical (unpaired) electrons. The van der Waals surface area contributed by atoms with Crippen LogP contribution in [0, 0.1) is 27.7 Å². The van der Waals surface area contributed by atoms with Crippen LogP contribution in [0.25, 0.3) is 87.6 Å². The molecule has 0 spiro atoms. The molecule has 12 aromatic rings. The molecule has 0 aliphatic heterocycles. The Balaban J connectivity index is 0.000000190. The monoisotopic (exact) mass is 1350 g/mol. The number of halogens is 2. The summed E-state index contributed by atoms with van der Waals surface area (Å²) in [6.07, 6.45) is 11.5. The Labute approximate surface area is 560 Å². The minimum absolute atomic E-state index is 0. The normalized spacial score (nSPS) is 10.4. The predicted octanol–water partition coefficient (Wildman–Crippen LogP) is 18.4. The average molecular weight is 1360 g/mol. The number of hydrogen-bond acceptors (Lipinski definition) is 0. The number of aryl methyl sites for hydroxylation is 4. The maximum Gasteiger partial charge on any atom is -0.0279 e. The molecule has 0 bridgehead atoms.